The fourth-order valence-corrected chi connectivity index (χ4v) is 6.18. The van der Waals surface area contributed by atoms with Gasteiger partial charge in [-0.2, -0.15) is 0 Å². The predicted molar refractivity (Wildman–Crippen MR) is 103 cm³/mol. The SMILES string of the molecule is COc1ccc2c3c1O[C@H]1C=C(OC(C)=O)C[C@@]4(OC(C)=O)[C@@H](C2)N(C)CC[C@]314. The molecule has 1 aromatic carbocycles. The first-order chi connectivity index (χ1) is 13.8. The number of esters is 2. The van der Waals surface area contributed by atoms with Crippen LogP contribution in [0.1, 0.15) is 37.8 Å². The summed E-state index contributed by atoms with van der Waals surface area (Å²) < 4.78 is 23.8. The van der Waals surface area contributed by atoms with Crippen LogP contribution in [0, 0.1) is 0 Å². The number of ether oxygens (including phenoxy) is 4. The van der Waals surface area contributed by atoms with Crippen LogP contribution in [-0.2, 0) is 30.9 Å². The lowest BCUT2D eigenvalue weighted by molar-refractivity contribution is -0.203. The molecule has 2 heterocycles. The van der Waals surface area contributed by atoms with Gasteiger partial charge < -0.3 is 18.9 Å². The molecule has 0 unspecified atom stereocenters. The van der Waals surface area contributed by atoms with Gasteiger partial charge >= 0.3 is 11.9 Å². The smallest absolute Gasteiger partial charge is 0.307 e. The number of carbonyl (C=O) groups excluding carboxylic acids is 2. The van der Waals surface area contributed by atoms with E-state index in [1.165, 1.54) is 19.4 Å². The summed E-state index contributed by atoms with van der Waals surface area (Å²) in [5.74, 6) is 1.15. The Kier molecular flexibility index (Phi) is 3.81. The lowest BCUT2D eigenvalue weighted by Gasteiger charge is -2.62. The van der Waals surface area contributed by atoms with E-state index < -0.39 is 23.1 Å². The monoisotopic (exact) mass is 399 g/mol. The number of piperidine rings is 1. The molecule has 7 nitrogen and oxygen atoms in total. The molecule has 29 heavy (non-hydrogen) atoms. The zero-order chi connectivity index (χ0) is 20.6. The number of likely N-dealkylation sites (N-methyl/N-ethyl adjacent to an activating group) is 1. The number of rotatable bonds is 3. The average Bonchev–Trinajstić information content (AvgIpc) is 2.97. The summed E-state index contributed by atoms with van der Waals surface area (Å²) in [6.45, 7) is 3.68. The van der Waals surface area contributed by atoms with E-state index in [1.807, 2.05) is 12.1 Å². The summed E-state index contributed by atoms with van der Waals surface area (Å²) in [5.41, 5.74) is 0.884. The Morgan fingerprint density at radius 2 is 2.03 bits per heavy atom. The van der Waals surface area contributed by atoms with Gasteiger partial charge in [0.05, 0.1) is 18.6 Å². The molecule has 1 fully saturated rings. The van der Waals surface area contributed by atoms with Gasteiger partial charge in [0, 0.05) is 25.8 Å². The zero-order valence-corrected chi connectivity index (χ0v) is 17.1. The molecule has 0 saturated carbocycles. The lowest BCUT2D eigenvalue weighted by atomic mass is 9.50. The van der Waals surface area contributed by atoms with Crippen molar-refractivity contribution >= 4 is 11.9 Å². The Morgan fingerprint density at radius 1 is 1.24 bits per heavy atom. The van der Waals surface area contributed by atoms with E-state index in [-0.39, 0.29) is 12.0 Å². The second-order valence-corrected chi connectivity index (χ2v) is 8.48. The van der Waals surface area contributed by atoms with E-state index in [4.69, 9.17) is 18.9 Å². The van der Waals surface area contributed by atoms with Crippen LogP contribution in [-0.4, -0.2) is 55.3 Å². The summed E-state index contributed by atoms with van der Waals surface area (Å²) in [6, 6.07) is 3.99. The molecule has 0 radical (unpaired) electrons. The molecule has 2 aliphatic carbocycles. The highest BCUT2D eigenvalue weighted by Crippen LogP contribution is 2.66. The fourth-order valence-electron chi connectivity index (χ4n) is 6.18. The van der Waals surface area contributed by atoms with E-state index >= 15 is 0 Å². The molecule has 1 saturated heterocycles. The maximum atomic E-state index is 12.4. The van der Waals surface area contributed by atoms with Crippen LogP contribution in [0.25, 0.3) is 0 Å². The first-order valence-corrected chi connectivity index (χ1v) is 9.98. The highest BCUT2D eigenvalue weighted by Gasteiger charge is 2.73. The summed E-state index contributed by atoms with van der Waals surface area (Å²) >= 11 is 0. The van der Waals surface area contributed by atoms with Crippen LogP contribution in [0.5, 0.6) is 11.5 Å². The Morgan fingerprint density at radius 3 is 2.72 bits per heavy atom. The minimum Gasteiger partial charge on any atom is -0.493 e. The second kappa shape index (κ2) is 5.98. The maximum absolute atomic E-state index is 12.4. The van der Waals surface area contributed by atoms with Crippen molar-refractivity contribution in [1.82, 2.24) is 4.90 Å². The van der Waals surface area contributed by atoms with Gasteiger partial charge in [-0.05, 0) is 44.1 Å². The molecule has 7 heteroatoms. The first-order valence-electron chi connectivity index (χ1n) is 9.98. The van der Waals surface area contributed by atoms with Crippen molar-refractivity contribution in [1.29, 1.82) is 0 Å². The summed E-state index contributed by atoms with van der Waals surface area (Å²) in [5, 5.41) is 0. The van der Waals surface area contributed by atoms with Crippen LogP contribution in [0.3, 0.4) is 0 Å². The highest BCUT2D eigenvalue weighted by molar-refractivity contribution is 5.71. The molecule has 1 spiro atoms. The largest absolute Gasteiger partial charge is 0.493 e. The Labute approximate surface area is 169 Å². The van der Waals surface area contributed by atoms with Crippen molar-refractivity contribution < 1.29 is 28.5 Å². The number of hydrogen-bond acceptors (Lipinski definition) is 7. The van der Waals surface area contributed by atoms with Crippen LogP contribution >= 0.6 is 0 Å². The molecule has 0 aromatic heterocycles. The van der Waals surface area contributed by atoms with E-state index in [2.05, 4.69) is 18.0 Å². The van der Waals surface area contributed by atoms with Crippen molar-refractivity contribution in [3.05, 3.63) is 35.1 Å². The van der Waals surface area contributed by atoms with Gasteiger partial charge in [0.1, 0.15) is 17.5 Å². The molecule has 5 rings (SSSR count). The summed E-state index contributed by atoms with van der Waals surface area (Å²) in [7, 11) is 3.69. The van der Waals surface area contributed by atoms with Crippen molar-refractivity contribution in [2.24, 2.45) is 0 Å². The van der Waals surface area contributed by atoms with Crippen LogP contribution in [0.2, 0.25) is 0 Å². The minimum atomic E-state index is -0.874. The number of carbonyl (C=O) groups is 2. The van der Waals surface area contributed by atoms with Crippen LogP contribution in [0.4, 0.5) is 0 Å². The van der Waals surface area contributed by atoms with Crippen LogP contribution < -0.4 is 9.47 Å². The van der Waals surface area contributed by atoms with Crippen molar-refractivity contribution in [3.63, 3.8) is 0 Å². The normalized spacial score (nSPS) is 33.9. The summed E-state index contributed by atoms with van der Waals surface area (Å²) in [4.78, 5) is 26.3. The third kappa shape index (κ3) is 2.22. The Hall–Kier alpha value is -2.54. The van der Waals surface area contributed by atoms with E-state index in [9.17, 15) is 9.59 Å². The predicted octanol–water partition coefficient (Wildman–Crippen LogP) is 2.11. The lowest BCUT2D eigenvalue weighted by Crippen LogP contribution is -2.75. The molecule has 0 N–H and O–H groups in total. The van der Waals surface area contributed by atoms with Crippen LogP contribution in [0.15, 0.2) is 24.0 Å². The van der Waals surface area contributed by atoms with Crippen molar-refractivity contribution in [3.8, 4) is 11.5 Å². The number of methoxy groups -OCH3 is 1. The maximum Gasteiger partial charge on any atom is 0.307 e. The molecule has 154 valence electrons. The zero-order valence-electron chi connectivity index (χ0n) is 17.1. The van der Waals surface area contributed by atoms with Gasteiger partial charge in [0.25, 0.3) is 0 Å². The number of likely N-dealkylation sites (tertiary alicyclic amines) is 1. The molecule has 4 aliphatic rings. The van der Waals surface area contributed by atoms with Gasteiger partial charge in [-0.1, -0.05) is 6.07 Å². The highest BCUT2D eigenvalue weighted by atomic mass is 16.6. The number of hydrogen-bond donors (Lipinski definition) is 0. The van der Waals surface area contributed by atoms with Crippen molar-refractivity contribution in [2.45, 2.75) is 56.3 Å². The molecule has 1 aromatic rings. The third-order valence-electron chi connectivity index (χ3n) is 7.08. The molecule has 4 atom stereocenters. The molecular weight excluding hydrogens is 374 g/mol. The summed E-state index contributed by atoms with van der Waals surface area (Å²) in [6.07, 6.45) is 3.33. The van der Waals surface area contributed by atoms with Gasteiger partial charge in [-0.15, -0.1) is 0 Å². The van der Waals surface area contributed by atoms with E-state index in [0.717, 1.165) is 30.7 Å². The van der Waals surface area contributed by atoms with Gasteiger partial charge in [0.2, 0.25) is 0 Å². The second-order valence-electron chi connectivity index (χ2n) is 8.48. The topological polar surface area (TPSA) is 74.3 Å². The van der Waals surface area contributed by atoms with E-state index in [1.54, 1.807) is 7.11 Å². The molecule has 2 bridgehead atoms. The first kappa shape index (κ1) is 18.5. The Bertz CT molecular complexity index is 955. The van der Waals surface area contributed by atoms with Gasteiger partial charge in [0.15, 0.2) is 11.5 Å². The molecule has 2 aliphatic heterocycles. The van der Waals surface area contributed by atoms with Gasteiger partial charge in [-0.3, -0.25) is 14.5 Å². The standard InChI is InChI=1S/C22H25NO6/c1-12(24)27-15-10-18-21-7-8-23(3)17(22(21,11-15)29-13(2)25)9-14-5-6-16(26-4)20(28-18)19(14)21/h5-6,10,17-18H,7-9,11H2,1-4H3/t17-,18+,21-,22-/m1/s1. The quantitative estimate of drug-likeness (QED) is 0.721. The van der Waals surface area contributed by atoms with Crippen molar-refractivity contribution in [2.75, 3.05) is 20.7 Å². The molecular formula is C22H25NO6. The third-order valence-corrected chi connectivity index (χ3v) is 7.08. The number of nitrogens with zero attached hydrogens (tertiary/aromatic N) is 1. The molecule has 0 amide bonds. The van der Waals surface area contributed by atoms with Gasteiger partial charge in [-0.25, -0.2) is 0 Å². The average molecular weight is 399 g/mol. The van der Waals surface area contributed by atoms with E-state index in [0.29, 0.717) is 17.9 Å². The number of benzene rings is 1. The fraction of sp³-hybridized carbons (Fsp3) is 0.545. The minimum absolute atomic E-state index is 0.0441. The Balaban J connectivity index is 1.81.